The largest absolute Gasteiger partial charge is 0.357 e. The molecule has 0 amide bonds. The first kappa shape index (κ1) is 22.2. The number of nitrogens with zero attached hydrogens (tertiary/aromatic N) is 5. The monoisotopic (exact) mass is 401 g/mol. The Morgan fingerprint density at radius 2 is 1.75 bits per heavy atom. The van der Waals surface area contributed by atoms with Crippen molar-refractivity contribution in [1.29, 1.82) is 0 Å². The Labute approximate surface area is 173 Å². The second-order valence-electron chi connectivity index (χ2n) is 6.36. The third-order valence-electron chi connectivity index (χ3n) is 4.87. The number of anilines is 1. The smallest absolute Gasteiger partial charge is 0.160 e. The number of hydrogen-bond donors (Lipinski definition) is 0. The van der Waals surface area contributed by atoms with Crippen LogP contribution in [0.4, 0.5) is 5.82 Å². The highest BCUT2D eigenvalue weighted by molar-refractivity contribution is 6.32. The Morgan fingerprint density at radius 1 is 1.07 bits per heavy atom. The summed E-state index contributed by atoms with van der Waals surface area (Å²) < 4.78 is 2.08. The van der Waals surface area contributed by atoms with E-state index in [2.05, 4.69) is 66.3 Å². The highest BCUT2D eigenvalue weighted by Gasteiger charge is 2.17. The Kier molecular flexibility index (Phi) is 7.81. The zero-order valence-electron chi connectivity index (χ0n) is 18.2. The van der Waals surface area contributed by atoms with Gasteiger partial charge in [0.25, 0.3) is 0 Å². The number of hydrogen-bond acceptors (Lipinski definition) is 4. The Hall–Kier alpha value is -2.14. The Bertz CT molecular complexity index is 928. The molecule has 0 aromatic carbocycles. The molecule has 0 unspecified atom stereocenters. The van der Waals surface area contributed by atoms with Gasteiger partial charge >= 0.3 is 0 Å². The minimum absolute atomic E-state index is 0.428. The van der Waals surface area contributed by atoms with Crippen LogP contribution in [0.15, 0.2) is 18.5 Å². The Morgan fingerprint density at radius 3 is 2.32 bits per heavy atom. The van der Waals surface area contributed by atoms with Crippen LogP contribution in [0, 0.1) is 6.92 Å². The third-order valence-corrected chi connectivity index (χ3v) is 5.13. The topological polar surface area (TPSA) is 46.8 Å². The zero-order chi connectivity index (χ0) is 20.8. The molecule has 0 fully saturated rings. The molecular weight excluding hydrogens is 370 g/mol. The number of rotatable bonds is 6. The fourth-order valence-corrected chi connectivity index (χ4v) is 3.57. The number of fused-ring (bicyclic) bond motifs is 1. The van der Waals surface area contributed by atoms with Crippen molar-refractivity contribution in [3.63, 3.8) is 0 Å². The fraction of sp³-hybridized carbons (Fsp3) is 0.500. The van der Waals surface area contributed by atoms with E-state index in [4.69, 9.17) is 16.6 Å². The van der Waals surface area contributed by atoms with E-state index < -0.39 is 0 Å². The number of aryl methyl sites for hydroxylation is 3. The molecule has 3 rings (SSSR count). The lowest BCUT2D eigenvalue weighted by Crippen LogP contribution is -2.23. The summed E-state index contributed by atoms with van der Waals surface area (Å²) in [6, 6.07) is 2.15. The molecule has 6 heteroatoms. The van der Waals surface area contributed by atoms with Crippen LogP contribution in [-0.4, -0.2) is 32.6 Å². The molecule has 5 nitrogen and oxygen atoms in total. The lowest BCUT2D eigenvalue weighted by molar-refractivity contribution is 0.785. The average Bonchev–Trinajstić information content (AvgIpc) is 3.04. The third kappa shape index (κ3) is 4.14. The lowest BCUT2D eigenvalue weighted by atomic mass is 10.0. The lowest BCUT2D eigenvalue weighted by Gasteiger charge is -2.21. The van der Waals surface area contributed by atoms with E-state index in [0.29, 0.717) is 10.8 Å². The van der Waals surface area contributed by atoms with E-state index in [9.17, 15) is 0 Å². The molecule has 3 aromatic rings. The molecule has 0 atom stereocenters. The molecule has 0 saturated carbocycles. The fourth-order valence-electron chi connectivity index (χ4n) is 3.35. The maximum absolute atomic E-state index is 6.54. The summed E-state index contributed by atoms with van der Waals surface area (Å²) in [6.45, 7) is 17.3. The van der Waals surface area contributed by atoms with Crippen molar-refractivity contribution < 1.29 is 0 Å². The van der Waals surface area contributed by atoms with Crippen LogP contribution in [0.2, 0.25) is 5.15 Å². The van der Waals surface area contributed by atoms with E-state index in [1.807, 2.05) is 20.0 Å². The minimum atomic E-state index is 0.428. The maximum atomic E-state index is 6.54. The molecule has 0 spiro atoms. The SMILES string of the molecule is CC.CCc1cc(N(CC)CC)ncc1-c1nc2c(C)cn(CC)c2nc1Cl. The molecule has 3 heterocycles. The number of halogens is 1. The van der Waals surface area contributed by atoms with Crippen molar-refractivity contribution in [3.8, 4) is 11.3 Å². The van der Waals surface area contributed by atoms with Gasteiger partial charge in [-0.05, 0) is 51.3 Å². The summed E-state index contributed by atoms with van der Waals surface area (Å²) in [6.07, 6.45) is 4.85. The van der Waals surface area contributed by atoms with Gasteiger partial charge in [-0.15, -0.1) is 0 Å². The quantitative estimate of drug-likeness (QED) is 0.515. The van der Waals surface area contributed by atoms with Gasteiger partial charge in [0.1, 0.15) is 17.0 Å². The molecule has 0 aliphatic carbocycles. The minimum Gasteiger partial charge on any atom is -0.357 e. The van der Waals surface area contributed by atoms with Gasteiger partial charge < -0.3 is 9.47 Å². The van der Waals surface area contributed by atoms with E-state index in [1.165, 1.54) is 5.56 Å². The highest BCUT2D eigenvalue weighted by atomic mass is 35.5. The van der Waals surface area contributed by atoms with Gasteiger partial charge in [0.05, 0.1) is 0 Å². The van der Waals surface area contributed by atoms with Crippen LogP contribution in [0.1, 0.15) is 52.7 Å². The molecule has 28 heavy (non-hydrogen) atoms. The number of pyridine rings is 1. The van der Waals surface area contributed by atoms with Gasteiger partial charge in [-0.25, -0.2) is 15.0 Å². The predicted molar refractivity (Wildman–Crippen MR) is 120 cm³/mol. The molecule has 0 aliphatic rings. The molecule has 0 saturated heterocycles. The Balaban J connectivity index is 0.00000136. The first-order valence-electron chi connectivity index (χ1n) is 10.3. The first-order chi connectivity index (χ1) is 13.5. The van der Waals surface area contributed by atoms with Crippen molar-refractivity contribution in [2.45, 2.75) is 61.4 Å². The molecular formula is C22H32ClN5. The first-order valence-corrected chi connectivity index (χ1v) is 10.7. The molecule has 0 radical (unpaired) electrons. The van der Waals surface area contributed by atoms with Crippen molar-refractivity contribution in [2.75, 3.05) is 18.0 Å². The van der Waals surface area contributed by atoms with Gasteiger partial charge in [0, 0.05) is 37.6 Å². The van der Waals surface area contributed by atoms with Crippen LogP contribution < -0.4 is 4.90 Å². The summed E-state index contributed by atoms with van der Waals surface area (Å²) >= 11 is 6.54. The van der Waals surface area contributed by atoms with Gasteiger partial charge in [-0.2, -0.15) is 0 Å². The number of aromatic nitrogens is 4. The highest BCUT2D eigenvalue weighted by Crippen LogP contribution is 2.32. The summed E-state index contributed by atoms with van der Waals surface area (Å²) in [5, 5.41) is 0.428. The van der Waals surface area contributed by atoms with E-state index in [-0.39, 0.29) is 0 Å². The summed E-state index contributed by atoms with van der Waals surface area (Å²) in [7, 11) is 0. The molecule has 0 aliphatic heterocycles. The molecule has 152 valence electrons. The van der Waals surface area contributed by atoms with Crippen molar-refractivity contribution in [2.24, 2.45) is 0 Å². The second-order valence-corrected chi connectivity index (χ2v) is 6.72. The normalized spacial score (nSPS) is 10.7. The van der Waals surface area contributed by atoms with Crippen molar-refractivity contribution in [3.05, 3.63) is 34.7 Å². The van der Waals surface area contributed by atoms with Crippen molar-refractivity contribution in [1.82, 2.24) is 19.5 Å². The molecule has 0 bridgehead atoms. The van der Waals surface area contributed by atoms with E-state index >= 15 is 0 Å². The van der Waals surface area contributed by atoms with E-state index in [1.54, 1.807) is 0 Å². The standard InChI is InChI=1S/C20H26ClN5.C2H6/c1-6-14-10-16(25(7-2)8-3)22-11-15(14)18-19(21)24-20-17(23-18)13(5)12-26(20)9-4;1-2/h10-12H,6-9H2,1-5H3;1-2H3. The van der Waals surface area contributed by atoms with Gasteiger partial charge in [0.15, 0.2) is 10.8 Å². The van der Waals surface area contributed by atoms with Crippen molar-refractivity contribution >= 4 is 28.6 Å². The zero-order valence-corrected chi connectivity index (χ0v) is 18.9. The van der Waals surface area contributed by atoms with Crippen LogP contribution >= 0.6 is 11.6 Å². The van der Waals surface area contributed by atoms with Gasteiger partial charge in [-0.1, -0.05) is 32.4 Å². The van der Waals surface area contributed by atoms with E-state index in [0.717, 1.165) is 54.2 Å². The van der Waals surface area contributed by atoms with Gasteiger partial charge in [0.2, 0.25) is 0 Å². The second kappa shape index (κ2) is 9.87. The molecule has 0 N–H and O–H groups in total. The molecule has 3 aromatic heterocycles. The maximum Gasteiger partial charge on any atom is 0.160 e. The summed E-state index contributed by atoms with van der Waals surface area (Å²) in [4.78, 5) is 16.4. The van der Waals surface area contributed by atoms with Gasteiger partial charge in [-0.3, -0.25) is 0 Å². The van der Waals surface area contributed by atoms with Crippen LogP contribution in [-0.2, 0) is 13.0 Å². The van der Waals surface area contributed by atoms with Crippen LogP contribution in [0.3, 0.4) is 0 Å². The summed E-state index contributed by atoms with van der Waals surface area (Å²) in [5.74, 6) is 0.995. The van der Waals surface area contributed by atoms with Crippen LogP contribution in [0.5, 0.6) is 0 Å². The predicted octanol–water partition coefficient (Wildman–Crippen LogP) is 5.91. The average molecular weight is 402 g/mol. The summed E-state index contributed by atoms with van der Waals surface area (Å²) in [5.41, 5.74) is 5.71. The van der Waals surface area contributed by atoms with Crippen LogP contribution in [0.25, 0.3) is 22.4 Å².